The van der Waals surface area contributed by atoms with Crippen LogP contribution in [0.3, 0.4) is 0 Å². The van der Waals surface area contributed by atoms with Crippen molar-refractivity contribution in [2.45, 2.75) is 0 Å². The lowest BCUT2D eigenvalue weighted by atomic mass is 10.0. The van der Waals surface area contributed by atoms with Gasteiger partial charge in [0.1, 0.15) is 5.82 Å². The van der Waals surface area contributed by atoms with E-state index in [0.29, 0.717) is 16.8 Å². The number of hydrazone groups is 1. The van der Waals surface area contributed by atoms with Gasteiger partial charge in [-0.2, -0.15) is 5.10 Å². The van der Waals surface area contributed by atoms with Crippen LogP contribution in [-0.2, 0) is 0 Å². The number of carbonyl (C=O) groups excluding carboxylic acids is 1. The van der Waals surface area contributed by atoms with Gasteiger partial charge in [0.15, 0.2) is 0 Å². The van der Waals surface area contributed by atoms with Gasteiger partial charge in [0.05, 0.1) is 23.0 Å². The molecule has 27 heavy (non-hydrogen) atoms. The second-order valence-corrected chi connectivity index (χ2v) is 6.77. The number of halogens is 1. The molecular weight excluding hydrogens is 361 g/mol. The molecular formula is C21H14FN3OS. The summed E-state index contributed by atoms with van der Waals surface area (Å²) in [4.78, 5) is 18.3. The van der Waals surface area contributed by atoms with Crippen LogP contribution in [0, 0.1) is 5.82 Å². The fourth-order valence-electron chi connectivity index (χ4n) is 2.71. The fraction of sp³-hybridized carbons (Fsp3) is 0. The molecule has 2 aromatic carbocycles. The molecule has 1 amide bonds. The summed E-state index contributed by atoms with van der Waals surface area (Å²) in [6, 6.07) is 19.0. The summed E-state index contributed by atoms with van der Waals surface area (Å²) in [5.41, 5.74) is 5.05. The smallest absolute Gasteiger partial charge is 0.267 e. The number of hydrogen-bond donors (Lipinski definition) is 1. The summed E-state index contributed by atoms with van der Waals surface area (Å²) in [6.07, 6.45) is 1.60. The van der Waals surface area contributed by atoms with Crippen molar-refractivity contribution >= 4 is 34.4 Å². The van der Waals surface area contributed by atoms with Crippen molar-refractivity contribution in [2.75, 3.05) is 0 Å². The third kappa shape index (κ3) is 3.75. The molecule has 132 valence electrons. The highest BCUT2D eigenvalue weighted by atomic mass is 32.1. The molecule has 6 heteroatoms. The molecule has 4 nitrogen and oxygen atoms in total. The van der Waals surface area contributed by atoms with Gasteiger partial charge in [-0.3, -0.25) is 4.79 Å². The molecule has 0 bridgehead atoms. The molecule has 0 radical (unpaired) electrons. The molecule has 0 saturated carbocycles. The SMILES string of the molecule is O=C(NN=Cc1cccs1)c1cc(-c2ccc(F)cc2)nc2ccccc12. The van der Waals surface area contributed by atoms with Gasteiger partial charge in [-0.25, -0.2) is 14.8 Å². The minimum atomic E-state index is -0.329. The number of hydrogen-bond acceptors (Lipinski definition) is 4. The number of aromatic nitrogens is 1. The van der Waals surface area contributed by atoms with Crippen LogP contribution in [0.5, 0.6) is 0 Å². The highest BCUT2D eigenvalue weighted by molar-refractivity contribution is 7.11. The van der Waals surface area contributed by atoms with Crippen LogP contribution >= 0.6 is 11.3 Å². The number of fused-ring (bicyclic) bond motifs is 1. The Morgan fingerprint density at radius 2 is 1.89 bits per heavy atom. The van der Waals surface area contributed by atoms with Gasteiger partial charge >= 0.3 is 0 Å². The van der Waals surface area contributed by atoms with E-state index in [-0.39, 0.29) is 11.7 Å². The molecule has 4 rings (SSSR count). The van der Waals surface area contributed by atoms with Gasteiger partial charge in [0.2, 0.25) is 0 Å². The van der Waals surface area contributed by atoms with Crippen LogP contribution in [0.1, 0.15) is 15.2 Å². The van der Waals surface area contributed by atoms with E-state index in [1.807, 2.05) is 41.8 Å². The van der Waals surface area contributed by atoms with Gasteiger partial charge in [0, 0.05) is 15.8 Å². The average Bonchev–Trinajstić information content (AvgIpc) is 3.21. The second kappa shape index (κ2) is 7.47. The summed E-state index contributed by atoms with van der Waals surface area (Å²) < 4.78 is 13.2. The Hall–Kier alpha value is -3.38. The van der Waals surface area contributed by atoms with E-state index in [9.17, 15) is 9.18 Å². The van der Waals surface area contributed by atoms with Crippen LogP contribution in [0.2, 0.25) is 0 Å². The van der Waals surface area contributed by atoms with Gasteiger partial charge in [0.25, 0.3) is 5.91 Å². The van der Waals surface area contributed by atoms with Crippen LogP contribution in [-0.4, -0.2) is 17.1 Å². The van der Waals surface area contributed by atoms with E-state index in [0.717, 1.165) is 15.8 Å². The molecule has 2 aromatic heterocycles. The predicted octanol–water partition coefficient (Wildman–Crippen LogP) is 4.87. The maximum absolute atomic E-state index is 13.2. The lowest BCUT2D eigenvalue weighted by Gasteiger charge is -2.09. The van der Waals surface area contributed by atoms with E-state index < -0.39 is 0 Å². The van der Waals surface area contributed by atoms with Gasteiger partial charge in [-0.15, -0.1) is 11.3 Å². The van der Waals surface area contributed by atoms with Crippen molar-refractivity contribution in [3.05, 3.63) is 88.4 Å². The Morgan fingerprint density at radius 3 is 2.67 bits per heavy atom. The molecule has 0 aliphatic heterocycles. The zero-order chi connectivity index (χ0) is 18.6. The molecule has 0 spiro atoms. The van der Waals surface area contributed by atoms with Crippen molar-refractivity contribution in [1.29, 1.82) is 0 Å². The monoisotopic (exact) mass is 375 g/mol. The first kappa shape index (κ1) is 17.1. The molecule has 0 fully saturated rings. The zero-order valence-corrected chi connectivity index (χ0v) is 14.9. The molecule has 0 aliphatic rings. The maximum Gasteiger partial charge on any atom is 0.272 e. The number of carbonyl (C=O) groups is 1. The largest absolute Gasteiger partial charge is 0.272 e. The maximum atomic E-state index is 13.2. The average molecular weight is 375 g/mol. The number of nitrogens with zero attached hydrogens (tertiary/aromatic N) is 2. The van der Waals surface area contributed by atoms with Gasteiger partial charge in [-0.1, -0.05) is 24.3 Å². The van der Waals surface area contributed by atoms with Crippen LogP contribution < -0.4 is 5.43 Å². The molecule has 0 unspecified atom stereocenters. The highest BCUT2D eigenvalue weighted by Crippen LogP contribution is 2.25. The van der Waals surface area contributed by atoms with E-state index in [4.69, 9.17) is 0 Å². The number of amides is 1. The minimum Gasteiger partial charge on any atom is -0.267 e. The Labute approximate surface area is 159 Å². The first-order valence-electron chi connectivity index (χ1n) is 8.23. The third-order valence-electron chi connectivity index (χ3n) is 4.00. The number of thiophene rings is 1. The van der Waals surface area contributed by atoms with Crippen LogP contribution in [0.25, 0.3) is 22.2 Å². The lowest BCUT2D eigenvalue weighted by Crippen LogP contribution is -2.18. The van der Waals surface area contributed by atoms with E-state index in [1.165, 1.54) is 23.5 Å². The van der Waals surface area contributed by atoms with E-state index in [2.05, 4.69) is 15.5 Å². The van der Waals surface area contributed by atoms with Crippen LogP contribution in [0.15, 0.2) is 77.2 Å². The summed E-state index contributed by atoms with van der Waals surface area (Å²) in [5.74, 6) is -0.648. The Bertz CT molecular complexity index is 1120. The fourth-order valence-corrected chi connectivity index (χ4v) is 3.30. The first-order valence-corrected chi connectivity index (χ1v) is 9.11. The van der Waals surface area contributed by atoms with Crippen molar-refractivity contribution in [3.63, 3.8) is 0 Å². The summed E-state index contributed by atoms with van der Waals surface area (Å²) in [7, 11) is 0. The normalized spacial score (nSPS) is 11.1. The number of nitrogens with one attached hydrogen (secondary N) is 1. The van der Waals surface area contributed by atoms with E-state index >= 15 is 0 Å². The number of para-hydroxylation sites is 1. The highest BCUT2D eigenvalue weighted by Gasteiger charge is 2.13. The topological polar surface area (TPSA) is 54.4 Å². The molecule has 2 heterocycles. The Balaban J connectivity index is 1.71. The molecule has 1 N–H and O–H groups in total. The van der Waals surface area contributed by atoms with Gasteiger partial charge < -0.3 is 0 Å². The first-order chi connectivity index (χ1) is 13.2. The van der Waals surface area contributed by atoms with Crippen molar-refractivity contribution in [1.82, 2.24) is 10.4 Å². The molecule has 0 atom stereocenters. The Kier molecular flexibility index (Phi) is 4.72. The summed E-state index contributed by atoms with van der Waals surface area (Å²) in [6.45, 7) is 0. The second-order valence-electron chi connectivity index (χ2n) is 5.79. The van der Waals surface area contributed by atoms with Crippen LogP contribution in [0.4, 0.5) is 4.39 Å². The van der Waals surface area contributed by atoms with E-state index in [1.54, 1.807) is 24.4 Å². The number of benzene rings is 2. The molecule has 0 aliphatic carbocycles. The van der Waals surface area contributed by atoms with Crippen molar-refractivity contribution < 1.29 is 9.18 Å². The quantitative estimate of drug-likeness (QED) is 0.409. The molecule has 4 aromatic rings. The predicted molar refractivity (Wildman–Crippen MR) is 107 cm³/mol. The molecule has 0 saturated heterocycles. The summed E-state index contributed by atoms with van der Waals surface area (Å²) >= 11 is 1.53. The van der Waals surface area contributed by atoms with Crippen molar-refractivity contribution in [2.24, 2.45) is 5.10 Å². The third-order valence-corrected chi connectivity index (χ3v) is 4.81. The number of rotatable bonds is 4. The lowest BCUT2D eigenvalue weighted by molar-refractivity contribution is 0.0956. The van der Waals surface area contributed by atoms with Crippen molar-refractivity contribution in [3.8, 4) is 11.3 Å². The summed E-state index contributed by atoms with van der Waals surface area (Å²) in [5, 5.41) is 6.69. The minimum absolute atomic E-state index is 0.319. The zero-order valence-electron chi connectivity index (χ0n) is 14.1. The standard InChI is InChI=1S/C21H14FN3OS/c22-15-9-7-14(8-10-15)20-12-18(17-5-1-2-6-19(17)24-20)21(26)25-23-13-16-4-3-11-27-16/h1-13H,(H,25,26). The van der Waals surface area contributed by atoms with Gasteiger partial charge in [-0.05, 0) is 47.8 Å². The Morgan fingerprint density at radius 1 is 1.07 bits per heavy atom. The number of pyridine rings is 1.